The Labute approximate surface area is 151 Å². The Balaban J connectivity index is 1.75. The molecule has 0 fully saturated rings. The third-order valence-corrected chi connectivity index (χ3v) is 3.46. The first kappa shape index (κ1) is 18.7. The van der Waals surface area contributed by atoms with Gasteiger partial charge in [-0.2, -0.15) is 0 Å². The van der Waals surface area contributed by atoms with Gasteiger partial charge < -0.3 is 21.5 Å². The number of hydrogen-bond donors (Lipinski definition) is 5. The summed E-state index contributed by atoms with van der Waals surface area (Å²) in [5.41, 5.74) is 12.9. The highest BCUT2D eigenvalue weighted by Crippen LogP contribution is 2.12. The van der Waals surface area contributed by atoms with E-state index in [4.69, 9.17) is 27.0 Å². The maximum atomic E-state index is 11.8. The molecule has 0 unspecified atom stereocenters. The van der Waals surface area contributed by atoms with Crippen molar-refractivity contribution in [3.05, 3.63) is 71.3 Å². The van der Waals surface area contributed by atoms with Gasteiger partial charge in [-0.3, -0.25) is 15.6 Å². The SMILES string of the molecule is N=C(N)c1ccc(C=CC(=O)NCCOc2cccc(C(=N)N)c2)cc1. The highest BCUT2D eigenvalue weighted by molar-refractivity contribution is 5.96. The second kappa shape index (κ2) is 9.03. The van der Waals surface area contributed by atoms with Crippen molar-refractivity contribution in [1.29, 1.82) is 10.8 Å². The van der Waals surface area contributed by atoms with Crippen molar-refractivity contribution in [3.8, 4) is 5.75 Å². The molecule has 0 aliphatic carbocycles. The van der Waals surface area contributed by atoms with Crippen LogP contribution < -0.4 is 21.5 Å². The number of amides is 1. The zero-order chi connectivity index (χ0) is 18.9. The van der Waals surface area contributed by atoms with Gasteiger partial charge in [0.25, 0.3) is 0 Å². The number of nitrogens with one attached hydrogen (secondary N) is 3. The molecule has 0 aliphatic heterocycles. The molecule has 7 nitrogen and oxygen atoms in total. The van der Waals surface area contributed by atoms with Crippen LogP contribution in [0.3, 0.4) is 0 Å². The highest BCUT2D eigenvalue weighted by Gasteiger charge is 2.00. The molecule has 0 aliphatic rings. The molecule has 2 aromatic carbocycles. The monoisotopic (exact) mass is 351 g/mol. The zero-order valence-corrected chi connectivity index (χ0v) is 14.2. The van der Waals surface area contributed by atoms with Crippen LogP contribution in [0.2, 0.25) is 0 Å². The number of ether oxygens (including phenoxy) is 1. The summed E-state index contributed by atoms with van der Waals surface area (Å²) in [5, 5.41) is 17.4. The van der Waals surface area contributed by atoms with Crippen LogP contribution in [-0.2, 0) is 4.79 Å². The number of amidine groups is 2. The van der Waals surface area contributed by atoms with Crippen molar-refractivity contribution >= 4 is 23.7 Å². The molecule has 7 heteroatoms. The molecule has 0 heterocycles. The first-order valence-corrected chi connectivity index (χ1v) is 7.93. The van der Waals surface area contributed by atoms with Gasteiger partial charge in [-0.25, -0.2) is 0 Å². The normalized spacial score (nSPS) is 10.5. The Morgan fingerprint density at radius 1 is 1.04 bits per heavy atom. The molecular formula is C19H21N5O2. The predicted octanol–water partition coefficient (Wildman–Crippen LogP) is 1.46. The summed E-state index contributed by atoms with van der Waals surface area (Å²) in [6.07, 6.45) is 3.11. The van der Waals surface area contributed by atoms with Gasteiger partial charge in [0.2, 0.25) is 5.91 Å². The number of carbonyl (C=O) groups excluding carboxylic acids is 1. The minimum absolute atomic E-state index is 0.00659. The molecular weight excluding hydrogens is 330 g/mol. The first-order valence-electron chi connectivity index (χ1n) is 7.93. The third-order valence-electron chi connectivity index (χ3n) is 3.46. The number of nitrogens with two attached hydrogens (primary N) is 2. The molecule has 2 aromatic rings. The van der Waals surface area contributed by atoms with Crippen molar-refractivity contribution in [3.63, 3.8) is 0 Å². The quantitative estimate of drug-likeness (QED) is 0.213. The van der Waals surface area contributed by atoms with E-state index in [2.05, 4.69) is 5.32 Å². The average Bonchev–Trinajstić information content (AvgIpc) is 2.64. The molecule has 134 valence electrons. The van der Waals surface area contributed by atoms with Gasteiger partial charge in [0.1, 0.15) is 24.0 Å². The second-order valence-electron chi connectivity index (χ2n) is 5.45. The Morgan fingerprint density at radius 2 is 1.73 bits per heavy atom. The average molecular weight is 351 g/mol. The number of rotatable bonds is 8. The number of carbonyl (C=O) groups is 1. The lowest BCUT2D eigenvalue weighted by Gasteiger charge is -2.08. The summed E-state index contributed by atoms with van der Waals surface area (Å²) in [6, 6.07) is 13.9. The van der Waals surface area contributed by atoms with E-state index in [1.54, 1.807) is 54.6 Å². The third kappa shape index (κ3) is 5.79. The minimum Gasteiger partial charge on any atom is -0.492 e. The Morgan fingerprint density at radius 3 is 2.38 bits per heavy atom. The second-order valence-corrected chi connectivity index (χ2v) is 5.45. The number of hydrogen-bond acceptors (Lipinski definition) is 4. The van der Waals surface area contributed by atoms with Gasteiger partial charge in [0.05, 0.1) is 6.54 Å². The molecule has 0 aromatic heterocycles. The molecule has 2 rings (SSSR count). The summed E-state index contributed by atoms with van der Waals surface area (Å²) in [5.74, 6) is 0.340. The van der Waals surface area contributed by atoms with Crippen molar-refractivity contribution in [1.82, 2.24) is 5.32 Å². The van der Waals surface area contributed by atoms with E-state index in [0.717, 1.165) is 5.56 Å². The van der Waals surface area contributed by atoms with Crippen molar-refractivity contribution in [2.24, 2.45) is 11.5 Å². The number of nitrogen functional groups attached to an aromatic ring is 2. The zero-order valence-electron chi connectivity index (χ0n) is 14.2. The molecule has 0 radical (unpaired) electrons. The van der Waals surface area contributed by atoms with Gasteiger partial charge in [0.15, 0.2) is 0 Å². The van der Waals surface area contributed by atoms with Crippen LogP contribution in [0.25, 0.3) is 6.08 Å². The fourth-order valence-corrected chi connectivity index (χ4v) is 2.10. The molecule has 1 amide bonds. The van der Waals surface area contributed by atoms with E-state index in [1.165, 1.54) is 6.08 Å². The Kier molecular flexibility index (Phi) is 6.50. The van der Waals surface area contributed by atoms with Crippen molar-refractivity contribution < 1.29 is 9.53 Å². The topological polar surface area (TPSA) is 138 Å². The lowest BCUT2D eigenvalue weighted by Crippen LogP contribution is -2.26. The largest absolute Gasteiger partial charge is 0.492 e. The van der Waals surface area contributed by atoms with E-state index in [1.807, 2.05) is 0 Å². The minimum atomic E-state index is -0.235. The van der Waals surface area contributed by atoms with Gasteiger partial charge in [0, 0.05) is 17.2 Å². The summed E-state index contributed by atoms with van der Waals surface area (Å²) in [7, 11) is 0. The smallest absolute Gasteiger partial charge is 0.244 e. The van der Waals surface area contributed by atoms with E-state index >= 15 is 0 Å². The van der Waals surface area contributed by atoms with Gasteiger partial charge in [-0.15, -0.1) is 0 Å². The molecule has 26 heavy (non-hydrogen) atoms. The van der Waals surface area contributed by atoms with Crippen LogP contribution in [-0.4, -0.2) is 30.7 Å². The van der Waals surface area contributed by atoms with Crippen LogP contribution >= 0.6 is 0 Å². The molecule has 7 N–H and O–H groups in total. The molecule has 0 atom stereocenters. The van der Waals surface area contributed by atoms with Crippen LogP contribution in [0.1, 0.15) is 16.7 Å². The summed E-state index contributed by atoms with van der Waals surface area (Å²) < 4.78 is 5.52. The van der Waals surface area contributed by atoms with E-state index in [-0.39, 0.29) is 17.6 Å². The van der Waals surface area contributed by atoms with Crippen molar-refractivity contribution in [2.45, 2.75) is 0 Å². The van der Waals surface area contributed by atoms with E-state index < -0.39 is 0 Å². The van der Waals surface area contributed by atoms with Crippen LogP contribution in [0.15, 0.2) is 54.6 Å². The maximum Gasteiger partial charge on any atom is 0.244 e. The van der Waals surface area contributed by atoms with Crippen LogP contribution in [0.5, 0.6) is 5.75 Å². The molecule has 0 saturated heterocycles. The molecule has 0 bridgehead atoms. The summed E-state index contributed by atoms with van der Waals surface area (Å²) in [4.78, 5) is 11.8. The van der Waals surface area contributed by atoms with Crippen LogP contribution in [0, 0.1) is 10.8 Å². The maximum absolute atomic E-state index is 11.8. The predicted molar refractivity (Wildman–Crippen MR) is 102 cm³/mol. The lowest BCUT2D eigenvalue weighted by atomic mass is 10.1. The van der Waals surface area contributed by atoms with Gasteiger partial charge in [-0.05, 0) is 23.8 Å². The van der Waals surface area contributed by atoms with Gasteiger partial charge in [-0.1, -0.05) is 36.4 Å². The number of benzene rings is 2. The summed E-state index contributed by atoms with van der Waals surface area (Å²) >= 11 is 0. The Bertz CT molecular complexity index is 828. The first-order chi connectivity index (χ1) is 12.5. The molecule has 0 spiro atoms. The van der Waals surface area contributed by atoms with E-state index in [9.17, 15) is 4.79 Å². The highest BCUT2D eigenvalue weighted by atomic mass is 16.5. The Hall–Kier alpha value is -3.61. The van der Waals surface area contributed by atoms with Gasteiger partial charge >= 0.3 is 0 Å². The standard InChI is InChI=1S/C19H21N5O2/c20-18(21)14-7-4-13(5-8-14)6-9-17(25)24-10-11-26-16-3-1-2-15(12-16)19(22)23/h1-9,12H,10-11H2,(H3,20,21)(H3,22,23)(H,24,25). The van der Waals surface area contributed by atoms with Crippen molar-refractivity contribution in [2.75, 3.05) is 13.2 Å². The molecule has 0 saturated carbocycles. The fourth-order valence-electron chi connectivity index (χ4n) is 2.10. The fraction of sp³-hybridized carbons (Fsp3) is 0.105. The van der Waals surface area contributed by atoms with Crippen LogP contribution in [0.4, 0.5) is 0 Å². The summed E-state index contributed by atoms with van der Waals surface area (Å²) in [6.45, 7) is 0.644. The lowest BCUT2D eigenvalue weighted by molar-refractivity contribution is -0.116. The van der Waals surface area contributed by atoms with E-state index in [0.29, 0.717) is 30.0 Å².